The SMILES string of the molecule is CCCNC(=O)C(c1ccccc1)N(Cc1ccc(F)cc1)C(=O)C(C)C. The molecule has 0 aliphatic rings. The van der Waals surface area contributed by atoms with Crippen molar-refractivity contribution in [2.45, 2.75) is 39.8 Å². The zero-order valence-corrected chi connectivity index (χ0v) is 16.1. The lowest BCUT2D eigenvalue weighted by Crippen LogP contribution is -2.45. The van der Waals surface area contributed by atoms with E-state index in [1.807, 2.05) is 51.1 Å². The third-order valence-electron chi connectivity index (χ3n) is 4.27. The molecule has 2 amide bonds. The number of hydrogen-bond acceptors (Lipinski definition) is 2. The van der Waals surface area contributed by atoms with Gasteiger partial charge in [0.05, 0.1) is 0 Å². The van der Waals surface area contributed by atoms with E-state index in [9.17, 15) is 14.0 Å². The van der Waals surface area contributed by atoms with Crippen LogP contribution in [0.1, 0.15) is 44.4 Å². The van der Waals surface area contributed by atoms with Crippen LogP contribution in [0.15, 0.2) is 54.6 Å². The Morgan fingerprint density at radius 3 is 2.22 bits per heavy atom. The zero-order chi connectivity index (χ0) is 19.8. The van der Waals surface area contributed by atoms with Crippen molar-refractivity contribution in [1.29, 1.82) is 0 Å². The number of carbonyl (C=O) groups excluding carboxylic acids is 2. The van der Waals surface area contributed by atoms with Crippen molar-refractivity contribution in [3.05, 3.63) is 71.5 Å². The Morgan fingerprint density at radius 2 is 1.67 bits per heavy atom. The predicted molar refractivity (Wildman–Crippen MR) is 104 cm³/mol. The first-order valence-electron chi connectivity index (χ1n) is 9.31. The standard InChI is InChI=1S/C22H27FN2O2/c1-4-14-24-21(26)20(18-8-6-5-7-9-18)25(22(27)16(2)3)15-17-10-12-19(23)13-11-17/h5-13,16,20H,4,14-15H2,1-3H3,(H,24,26). The average Bonchev–Trinajstić information content (AvgIpc) is 2.67. The van der Waals surface area contributed by atoms with Crippen LogP contribution in [0.4, 0.5) is 4.39 Å². The third-order valence-corrected chi connectivity index (χ3v) is 4.27. The summed E-state index contributed by atoms with van der Waals surface area (Å²) in [5, 5.41) is 2.91. The van der Waals surface area contributed by atoms with Gasteiger partial charge >= 0.3 is 0 Å². The minimum atomic E-state index is -0.738. The Balaban J connectivity index is 2.43. The maximum Gasteiger partial charge on any atom is 0.247 e. The number of carbonyl (C=O) groups is 2. The van der Waals surface area contributed by atoms with Crippen LogP contribution in [0.5, 0.6) is 0 Å². The number of hydrogen-bond donors (Lipinski definition) is 1. The molecule has 4 nitrogen and oxygen atoms in total. The molecule has 0 aliphatic carbocycles. The quantitative estimate of drug-likeness (QED) is 0.761. The maximum absolute atomic E-state index is 13.3. The molecular formula is C22H27FN2O2. The van der Waals surface area contributed by atoms with Crippen molar-refractivity contribution in [1.82, 2.24) is 10.2 Å². The minimum Gasteiger partial charge on any atom is -0.354 e. The first-order valence-corrected chi connectivity index (χ1v) is 9.31. The van der Waals surface area contributed by atoms with E-state index in [4.69, 9.17) is 0 Å². The van der Waals surface area contributed by atoms with E-state index in [1.54, 1.807) is 17.0 Å². The molecule has 27 heavy (non-hydrogen) atoms. The fourth-order valence-electron chi connectivity index (χ4n) is 2.87. The van der Waals surface area contributed by atoms with Gasteiger partial charge in [-0.15, -0.1) is 0 Å². The molecule has 2 aromatic rings. The maximum atomic E-state index is 13.3. The molecule has 0 bridgehead atoms. The Morgan fingerprint density at radius 1 is 1.04 bits per heavy atom. The third kappa shape index (κ3) is 5.64. The number of rotatable bonds is 8. The van der Waals surface area contributed by atoms with Crippen LogP contribution in [-0.4, -0.2) is 23.3 Å². The molecule has 0 saturated carbocycles. The lowest BCUT2D eigenvalue weighted by Gasteiger charge is -2.33. The van der Waals surface area contributed by atoms with E-state index < -0.39 is 6.04 Å². The topological polar surface area (TPSA) is 49.4 Å². The van der Waals surface area contributed by atoms with Crippen molar-refractivity contribution in [3.8, 4) is 0 Å². The second kappa shape index (κ2) is 9.86. The monoisotopic (exact) mass is 370 g/mol. The van der Waals surface area contributed by atoms with Gasteiger partial charge in [0.15, 0.2) is 0 Å². The van der Waals surface area contributed by atoms with Crippen LogP contribution in [0.3, 0.4) is 0 Å². The molecule has 2 rings (SSSR count). The molecule has 5 heteroatoms. The zero-order valence-electron chi connectivity index (χ0n) is 16.1. The second-order valence-corrected chi connectivity index (χ2v) is 6.85. The van der Waals surface area contributed by atoms with Crippen molar-refractivity contribution in [2.75, 3.05) is 6.54 Å². The van der Waals surface area contributed by atoms with Crippen LogP contribution >= 0.6 is 0 Å². The largest absolute Gasteiger partial charge is 0.354 e. The van der Waals surface area contributed by atoms with E-state index in [0.717, 1.165) is 17.5 Å². The number of benzene rings is 2. The number of nitrogens with one attached hydrogen (secondary N) is 1. The Labute approximate surface area is 160 Å². The van der Waals surface area contributed by atoms with E-state index in [1.165, 1.54) is 12.1 Å². The first-order chi connectivity index (χ1) is 12.9. The highest BCUT2D eigenvalue weighted by Gasteiger charge is 2.32. The number of amides is 2. The van der Waals surface area contributed by atoms with E-state index in [2.05, 4.69) is 5.32 Å². The smallest absolute Gasteiger partial charge is 0.247 e. The summed E-state index contributed by atoms with van der Waals surface area (Å²) in [5.74, 6) is -0.935. The van der Waals surface area contributed by atoms with Crippen LogP contribution in [0, 0.1) is 11.7 Å². The van der Waals surface area contributed by atoms with Crippen LogP contribution < -0.4 is 5.32 Å². The van der Waals surface area contributed by atoms with Crippen LogP contribution in [0.25, 0.3) is 0 Å². The van der Waals surface area contributed by atoms with Gasteiger partial charge in [-0.25, -0.2) is 4.39 Å². The van der Waals surface area contributed by atoms with Crippen LogP contribution in [-0.2, 0) is 16.1 Å². The molecule has 0 heterocycles. The summed E-state index contributed by atoms with van der Waals surface area (Å²) in [6, 6.07) is 14.5. The Hall–Kier alpha value is -2.69. The molecule has 0 fully saturated rings. The fraction of sp³-hybridized carbons (Fsp3) is 0.364. The molecule has 1 N–H and O–H groups in total. The Bertz CT molecular complexity index is 745. The van der Waals surface area contributed by atoms with Crippen LogP contribution in [0.2, 0.25) is 0 Å². The highest BCUT2D eigenvalue weighted by atomic mass is 19.1. The van der Waals surface area contributed by atoms with Gasteiger partial charge in [-0.1, -0.05) is 63.2 Å². The van der Waals surface area contributed by atoms with E-state index in [-0.39, 0.29) is 30.1 Å². The summed E-state index contributed by atoms with van der Waals surface area (Å²) < 4.78 is 13.3. The van der Waals surface area contributed by atoms with Gasteiger partial charge < -0.3 is 10.2 Å². The van der Waals surface area contributed by atoms with Crippen molar-refractivity contribution in [3.63, 3.8) is 0 Å². The molecule has 1 atom stereocenters. The molecule has 144 valence electrons. The summed E-state index contributed by atoms with van der Waals surface area (Å²) in [5.41, 5.74) is 1.52. The normalized spacial score (nSPS) is 11.9. The van der Waals surface area contributed by atoms with Gasteiger partial charge in [0, 0.05) is 19.0 Å². The van der Waals surface area contributed by atoms with Gasteiger partial charge in [0.1, 0.15) is 11.9 Å². The van der Waals surface area contributed by atoms with Gasteiger partial charge in [-0.2, -0.15) is 0 Å². The summed E-state index contributed by atoms with van der Waals surface area (Å²) in [6.45, 7) is 6.38. The van der Waals surface area contributed by atoms with Gasteiger partial charge in [0.2, 0.25) is 11.8 Å². The second-order valence-electron chi connectivity index (χ2n) is 6.85. The highest BCUT2D eigenvalue weighted by Crippen LogP contribution is 2.25. The molecule has 0 aliphatic heterocycles. The predicted octanol–water partition coefficient (Wildman–Crippen LogP) is 4.08. The Kier molecular flexibility index (Phi) is 7.53. The summed E-state index contributed by atoms with van der Waals surface area (Å²) in [4.78, 5) is 27.5. The number of nitrogens with zero attached hydrogens (tertiary/aromatic N) is 1. The van der Waals surface area contributed by atoms with Crippen molar-refractivity contribution < 1.29 is 14.0 Å². The summed E-state index contributed by atoms with van der Waals surface area (Å²) in [7, 11) is 0. The fourth-order valence-corrected chi connectivity index (χ4v) is 2.87. The molecule has 1 unspecified atom stereocenters. The van der Waals surface area contributed by atoms with Crippen molar-refractivity contribution >= 4 is 11.8 Å². The molecule has 0 aromatic heterocycles. The number of halogens is 1. The molecule has 0 saturated heterocycles. The van der Waals surface area contributed by atoms with E-state index in [0.29, 0.717) is 6.54 Å². The van der Waals surface area contributed by atoms with Gasteiger partial charge in [-0.3, -0.25) is 9.59 Å². The first kappa shape index (κ1) is 20.6. The van der Waals surface area contributed by atoms with E-state index >= 15 is 0 Å². The summed E-state index contributed by atoms with van der Waals surface area (Å²) >= 11 is 0. The summed E-state index contributed by atoms with van der Waals surface area (Å²) in [6.07, 6.45) is 0.809. The molecule has 0 spiro atoms. The molecule has 0 radical (unpaired) electrons. The van der Waals surface area contributed by atoms with Gasteiger partial charge in [0.25, 0.3) is 0 Å². The van der Waals surface area contributed by atoms with Crippen molar-refractivity contribution in [2.24, 2.45) is 5.92 Å². The molecule has 2 aromatic carbocycles. The highest BCUT2D eigenvalue weighted by molar-refractivity contribution is 5.89. The lowest BCUT2D eigenvalue weighted by molar-refractivity contribution is -0.144. The average molecular weight is 370 g/mol. The molecular weight excluding hydrogens is 343 g/mol. The minimum absolute atomic E-state index is 0.125. The van der Waals surface area contributed by atoms with Gasteiger partial charge in [-0.05, 0) is 29.7 Å². The lowest BCUT2D eigenvalue weighted by atomic mass is 10.0.